The normalized spacial score (nSPS) is 9.85. The van der Waals surface area contributed by atoms with Crippen molar-refractivity contribution in [2.24, 2.45) is 0 Å². The Morgan fingerprint density at radius 2 is 1.54 bits per heavy atom. The van der Waals surface area contributed by atoms with E-state index < -0.39 is 12.5 Å². The number of aldehydes is 1. The van der Waals surface area contributed by atoms with E-state index in [2.05, 4.69) is 19.1 Å². The van der Waals surface area contributed by atoms with E-state index in [1.54, 1.807) is 0 Å². The van der Waals surface area contributed by atoms with Crippen LogP contribution < -0.4 is 0 Å². The zero-order chi connectivity index (χ0) is 10.3. The molecule has 0 aromatic heterocycles. The fraction of sp³-hybridized carbons (Fsp3) is 0.222. The lowest BCUT2D eigenvalue weighted by Gasteiger charge is -1.87. The number of carbonyl (C=O) groups excluding carboxylic acids is 1. The maximum absolute atomic E-state index is 10.4. The van der Waals surface area contributed by atoms with E-state index in [-0.39, 0.29) is 0 Å². The molecule has 0 aliphatic rings. The van der Waals surface area contributed by atoms with Gasteiger partial charge in [-0.2, -0.15) is 13.2 Å². The smallest absolute Gasteiger partial charge is 0.293 e. The summed E-state index contributed by atoms with van der Waals surface area (Å²) in [5, 5.41) is 0. The molecule has 72 valence electrons. The molecular formula is C9H9F3O. The van der Waals surface area contributed by atoms with E-state index in [9.17, 15) is 13.2 Å². The van der Waals surface area contributed by atoms with E-state index >= 15 is 0 Å². The highest BCUT2D eigenvalue weighted by atomic mass is 19.4. The number of hydrogen-bond acceptors (Lipinski definition) is 1. The first-order valence-corrected chi connectivity index (χ1v) is 3.50. The molecule has 1 aromatic carbocycles. The number of rotatable bonds is 0. The van der Waals surface area contributed by atoms with Gasteiger partial charge < -0.3 is 0 Å². The highest BCUT2D eigenvalue weighted by molar-refractivity contribution is 5.56. The number of aryl methyl sites for hydroxylation is 1. The van der Waals surface area contributed by atoms with Crippen molar-refractivity contribution in [2.75, 3.05) is 0 Å². The predicted molar refractivity (Wildman–Crippen MR) is 43.3 cm³/mol. The van der Waals surface area contributed by atoms with Crippen LogP contribution in [0.25, 0.3) is 0 Å². The molecule has 0 atom stereocenters. The van der Waals surface area contributed by atoms with Gasteiger partial charge >= 0.3 is 6.18 Å². The molecule has 0 aliphatic heterocycles. The molecule has 1 rings (SSSR count). The molecule has 4 heteroatoms. The van der Waals surface area contributed by atoms with Crippen molar-refractivity contribution in [3.05, 3.63) is 35.9 Å². The van der Waals surface area contributed by atoms with Crippen molar-refractivity contribution >= 4 is 6.29 Å². The summed E-state index contributed by atoms with van der Waals surface area (Å²) in [5.74, 6) is 0. The second-order valence-electron chi connectivity index (χ2n) is 2.31. The zero-order valence-corrected chi connectivity index (χ0v) is 7.01. The van der Waals surface area contributed by atoms with Gasteiger partial charge in [-0.1, -0.05) is 35.9 Å². The van der Waals surface area contributed by atoms with Crippen LogP contribution in [-0.4, -0.2) is 12.5 Å². The first kappa shape index (κ1) is 11.7. The molecule has 13 heavy (non-hydrogen) atoms. The Bertz CT molecular complexity index is 241. The Morgan fingerprint density at radius 1 is 1.15 bits per heavy atom. The summed E-state index contributed by atoms with van der Waals surface area (Å²) in [7, 11) is 0. The van der Waals surface area contributed by atoms with Crippen LogP contribution in [0.5, 0.6) is 0 Å². The molecule has 0 radical (unpaired) electrons. The van der Waals surface area contributed by atoms with E-state index in [1.165, 1.54) is 5.56 Å². The lowest BCUT2D eigenvalue weighted by Crippen LogP contribution is -2.07. The minimum absolute atomic E-state index is 1.06. The van der Waals surface area contributed by atoms with Gasteiger partial charge in [-0.15, -0.1) is 0 Å². The summed E-state index contributed by atoms with van der Waals surface area (Å²) in [6.45, 7) is 2.08. The number of hydrogen-bond donors (Lipinski definition) is 0. The van der Waals surface area contributed by atoms with Gasteiger partial charge in [-0.3, -0.25) is 4.79 Å². The third-order valence-corrected chi connectivity index (χ3v) is 1.07. The van der Waals surface area contributed by atoms with Gasteiger partial charge in [0, 0.05) is 0 Å². The SMILES string of the molecule is Cc1ccccc1.O=CC(F)(F)F. The van der Waals surface area contributed by atoms with Crippen molar-refractivity contribution in [3.63, 3.8) is 0 Å². The van der Waals surface area contributed by atoms with Crippen LogP contribution in [0.3, 0.4) is 0 Å². The molecule has 0 fully saturated rings. The van der Waals surface area contributed by atoms with Crippen molar-refractivity contribution in [2.45, 2.75) is 13.1 Å². The van der Waals surface area contributed by atoms with Gasteiger partial charge in [0.25, 0.3) is 0 Å². The highest BCUT2D eigenvalue weighted by Gasteiger charge is 2.24. The Morgan fingerprint density at radius 3 is 1.69 bits per heavy atom. The minimum atomic E-state index is -4.64. The predicted octanol–water partition coefficient (Wildman–Crippen LogP) is 2.74. The van der Waals surface area contributed by atoms with E-state index in [0.29, 0.717) is 0 Å². The summed E-state index contributed by atoms with van der Waals surface area (Å²) < 4.78 is 31.2. The van der Waals surface area contributed by atoms with Crippen LogP contribution in [0.15, 0.2) is 30.3 Å². The quantitative estimate of drug-likeness (QED) is 0.575. The van der Waals surface area contributed by atoms with Gasteiger partial charge in [-0.25, -0.2) is 0 Å². The zero-order valence-electron chi connectivity index (χ0n) is 7.01. The number of halogens is 3. The highest BCUT2D eigenvalue weighted by Crippen LogP contribution is 2.08. The van der Waals surface area contributed by atoms with Crippen LogP contribution in [0, 0.1) is 6.92 Å². The topological polar surface area (TPSA) is 17.1 Å². The molecule has 0 heterocycles. The molecular weight excluding hydrogens is 181 g/mol. The van der Waals surface area contributed by atoms with Gasteiger partial charge in [0.05, 0.1) is 0 Å². The van der Waals surface area contributed by atoms with Gasteiger partial charge in [0.2, 0.25) is 6.29 Å². The first-order chi connectivity index (χ1) is 5.95. The Labute approximate surface area is 74.2 Å². The fourth-order valence-corrected chi connectivity index (χ4v) is 0.534. The van der Waals surface area contributed by atoms with Crippen LogP contribution in [-0.2, 0) is 4.79 Å². The average Bonchev–Trinajstić information content (AvgIpc) is 2.06. The first-order valence-electron chi connectivity index (χ1n) is 3.50. The summed E-state index contributed by atoms with van der Waals surface area (Å²) in [6.07, 6.45) is -5.70. The number of benzene rings is 1. The summed E-state index contributed by atoms with van der Waals surface area (Å²) >= 11 is 0. The molecule has 1 nitrogen and oxygen atoms in total. The minimum Gasteiger partial charge on any atom is -0.293 e. The second kappa shape index (κ2) is 5.35. The van der Waals surface area contributed by atoms with Crippen molar-refractivity contribution in [3.8, 4) is 0 Å². The second-order valence-corrected chi connectivity index (χ2v) is 2.31. The van der Waals surface area contributed by atoms with E-state index in [4.69, 9.17) is 4.79 Å². The molecule has 0 unspecified atom stereocenters. The molecule has 0 bridgehead atoms. The molecule has 0 amide bonds. The molecule has 0 spiro atoms. The lowest BCUT2D eigenvalue weighted by molar-refractivity contribution is -0.156. The fourth-order valence-electron chi connectivity index (χ4n) is 0.534. The third-order valence-electron chi connectivity index (χ3n) is 1.07. The third kappa shape index (κ3) is 8.59. The molecule has 0 N–H and O–H groups in total. The van der Waals surface area contributed by atoms with E-state index in [0.717, 1.165) is 0 Å². The standard InChI is InChI=1S/C7H8.C2HF3O/c1-7-5-3-2-4-6-7;3-2(4,5)1-6/h2-6H,1H3;1H. The van der Waals surface area contributed by atoms with Gasteiger partial charge in [-0.05, 0) is 6.92 Å². The van der Waals surface area contributed by atoms with Gasteiger partial charge in [0.15, 0.2) is 0 Å². The van der Waals surface area contributed by atoms with Crippen LogP contribution in [0.2, 0.25) is 0 Å². The molecule has 0 saturated heterocycles. The Balaban J connectivity index is 0.000000226. The molecule has 0 aliphatic carbocycles. The number of carbonyl (C=O) groups is 1. The monoisotopic (exact) mass is 190 g/mol. The van der Waals surface area contributed by atoms with Crippen molar-refractivity contribution in [1.29, 1.82) is 0 Å². The number of alkyl halides is 3. The van der Waals surface area contributed by atoms with Crippen molar-refractivity contribution in [1.82, 2.24) is 0 Å². The van der Waals surface area contributed by atoms with Crippen LogP contribution in [0.1, 0.15) is 5.56 Å². The largest absolute Gasteiger partial charge is 0.446 e. The molecule has 0 saturated carbocycles. The lowest BCUT2D eigenvalue weighted by atomic mass is 10.2. The molecule has 1 aromatic rings. The summed E-state index contributed by atoms with van der Waals surface area (Å²) in [4.78, 5) is 8.70. The van der Waals surface area contributed by atoms with Gasteiger partial charge in [0.1, 0.15) is 0 Å². The maximum atomic E-state index is 10.4. The van der Waals surface area contributed by atoms with E-state index in [1.807, 2.05) is 18.2 Å². The average molecular weight is 190 g/mol. The maximum Gasteiger partial charge on any atom is 0.446 e. The summed E-state index contributed by atoms with van der Waals surface area (Å²) in [6, 6.07) is 10.3. The van der Waals surface area contributed by atoms with Crippen LogP contribution in [0.4, 0.5) is 13.2 Å². The Kier molecular flexibility index (Phi) is 4.80. The van der Waals surface area contributed by atoms with Crippen molar-refractivity contribution < 1.29 is 18.0 Å². The van der Waals surface area contributed by atoms with Crippen LogP contribution >= 0.6 is 0 Å². The summed E-state index contributed by atoms with van der Waals surface area (Å²) in [5.41, 5.74) is 1.32. The Hall–Kier alpha value is -1.32.